The van der Waals surface area contributed by atoms with Gasteiger partial charge in [0, 0.05) is 18.6 Å². The number of carbonyl (C=O) groups is 1. The quantitative estimate of drug-likeness (QED) is 0.911. The third-order valence-electron chi connectivity index (χ3n) is 3.61. The summed E-state index contributed by atoms with van der Waals surface area (Å²) in [5.74, 6) is -1.14. The zero-order valence-electron chi connectivity index (χ0n) is 11.2. The van der Waals surface area contributed by atoms with Crippen LogP contribution >= 0.6 is 15.9 Å². The van der Waals surface area contributed by atoms with Crippen LogP contribution in [0.5, 0.6) is 0 Å². The molecule has 0 spiro atoms. The van der Waals surface area contributed by atoms with Crippen molar-refractivity contribution in [2.24, 2.45) is 0 Å². The molecule has 0 aliphatic carbocycles. The van der Waals surface area contributed by atoms with E-state index in [1.165, 1.54) is 6.07 Å². The molecule has 1 fully saturated rings. The Balaban J connectivity index is 2.17. The third-order valence-corrected chi connectivity index (χ3v) is 4.21. The summed E-state index contributed by atoms with van der Waals surface area (Å²) in [6.07, 6.45) is 0.0483. The molecule has 6 heteroatoms. The van der Waals surface area contributed by atoms with E-state index in [1.54, 1.807) is 12.1 Å². The first-order valence-corrected chi connectivity index (χ1v) is 7.28. The summed E-state index contributed by atoms with van der Waals surface area (Å²) >= 11 is 3.18. The number of nitrogens with zero attached hydrogens (tertiary/aromatic N) is 1. The molecule has 0 amide bonds. The van der Waals surface area contributed by atoms with Gasteiger partial charge in [0.05, 0.1) is 24.1 Å². The van der Waals surface area contributed by atoms with Gasteiger partial charge < -0.3 is 9.84 Å². The molecule has 0 saturated carbocycles. The molecular weight excluding hydrogens is 329 g/mol. The Hall–Kier alpha value is -0.980. The molecule has 2 unspecified atom stereocenters. The lowest BCUT2D eigenvalue weighted by Gasteiger charge is -2.39. The highest BCUT2D eigenvalue weighted by Crippen LogP contribution is 2.28. The first-order valence-electron chi connectivity index (χ1n) is 6.49. The van der Waals surface area contributed by atoms with Crippen molar-refractivity contribution in [3.63, 3.8) is 0 Å². The highest BCUT2D eigenvalue weighted by molar-refractivity contribution is 9.10. The molecule has 0 bridgehead atoms. The molecule has 0 radical (unpaired) electrons. The lowest BCUT2D eigenvalue weighted by atomic mass is 10.0. The summed E-state index contributed by atoms with van der Waals surface area (Å²) < 4.78 is 19.1. The van der Waals surface area contributed by atoms with Crippen molar-refractivity contribution in [2.45, 2.75) is 25.4 Å². The second kappa shape index (κ2) is 6.65. The highest BCUT2D eigenvalue weighted by atomic mass is 79.9. The second-order valence-corrected chi connectivity index (χ2v) is 5.77. The van der Waals surface area contributed by atoms with Crippen molar-refractivity contribution in [1.82, 2.24) is 4.90 Å². The fourth-order valence-electron chi connectivity index (χ4n) is 2.52. The van der Waals surface area contributed by atoms with Crippen LogP contribution in [0, 0.1) is 5.82 Å². The molecule has 1 heterocycles. The zero-order chi connectivity index (χ0) is 14.7. The van der Waals surface area contributed by atoms with Crippen molar-refractivity contribution >= 4 is 21.9 Å². The maximum Gasteiger partial charge on any atom is 0.305 e. The van der Waals surface area contributed by atoms with Gasteiger partial charge in [0.2, 0.25) is 0 Å². The SMILES string of the molecule is CC(c1ccc(F)c(Br)c1)N1CCOCC1CC(=O)O. The van der Waals surface area contributed by atoms with Gasteiger partial charge in [-0.2, -0.15) is 0 Å². The van der Waals surface area contributed by atoms with E-state index >= 15 is 0 Å². The molecule has 1 aromatic carbocycles. The van der Waals surface area contributed by atoms with Crippen LogP contribution in [0.2, 0.25) is 0 Å². The Kier molecular flexibility index (Phi) is 5.12. The van der Waals surface area contributed by atoms with E-state index in [0.717, 1.165) is 5.56 Å². The number of aliphatic carboxylic acids is 1. The monoisotopic (exact) mass is 345 g/mol. The fourth-order valence-corrected chi connectivity index (χ4v) is 2.92. The van der Waals surface area contributed by atoms with Crippen molar-refractivity contribution in [3.8, 4) is 0 Å². The predicted molar refractivity (Wildman–Crippen MR) is 76.1 cm³/mol. The van der Waals surface area contributed by atoms with Crippen LogP contribution in [0.3, 0.4) is 0 Å². The molecule has 1 saturated heterocycles. The minimum absolute atomic E-state index is 0.0140. The molecule has 4 nitrogen and oxygen atoms in total. The second-order valence-electron chi connectivity index (χ2n) is 4.91. The van der Waals surface area contributed by atoms with Gasteiger partial charge in [-0.15, -0.1) is 0 Å². The number of hydrogen-bond acceptors (Lipinski definition) is 3. The van der Waals surface area contributed by atoms with Gasteiger partial charge in [-0.3, -0.25) is 9.69 Å². The number of halogens is 2. The van der Waals surface area contributed by atoms with Crippen LogP contribution in [-0.2, 0) is 9.53 Å². The summed E-state index contributed by atoms with van der Waals surface area (Å²) in [4.78, 5) is 13.0. The fraction of sp³-hybridized carbons (Fsp3) is 0.500. The largest absolute Gasteiger partial charge is 0.481 e. The van der Waals surface area contributed by atoms with E-state index in [9.17, 15) is 9.18 Å². The third kappa shape index (κ3) is 3.56. The Bertz CT molecular complexity index is 497. The average Bonchev–Trinajstić information content (AvgIpc) is 2.41. The number of hydrogen-bond donors (Lipinski definition) is 1. The van der Waals surface area contributed by atoms with E-state index in [4.69, 9.17) is 9.84 Å². The van der Waals surface area contributed by atoms with Gasteiger partial charge in [-0.05, 0) is 40.5 Å². The minimum atomic E-state index is -0.835. The molecule has 2 atom stereocenters. The molecule has 110 valence electrons. The normalized spacial score (nSPS) is 21.6. The van der Waals surface area contributed by atoms with Gasteiger partial charge in [0.25, 0.3) is 0 Å². The molecule has 1 aliphatic rings. The number of benzene rings is 1. The van der Waals surface area contributed by atoms with Gasteiger partial charge in [0.1, 0.15) is 5.82 Å². The topological polar surface area (TPSA) is 49.8 Å². The molecule has 1 aliphatic heterocycles. The van der Waals surface area contributed by atoms with Crippen molar-refractivity contribution in [1.29, 1.82) is 0 Å². The van der Waals surface area contributed by atoms with Crippen LogP contribution in [0.4, 0.5) is 4.39 Å². The van der Waals surface area contributed by atoms with Gasteiger partial charge in [-0.25, -0.2) is 4.39 Å². The van der Waals surface area contributed by atoms with Crippen LogP contribution in [0.15, 0.2) is 22.7 Å². The van der Waals surface area contributed by atoms with Crippen LogP contribution in [0.25, 0.3) is 0 Å². The molecular formula is C14H17BrFNO3. The minimum Gasteiger partial charge on any atom is -0.481 e. The van der Waals surface area contributed by atoms with Crippen molar-refractivity contribution < 1.29 is 19.0 Å². The van der Waals surface area contributed by atoms with Gasteiger partial charge >= 0.3 is 5.97 Å². The predicted octanol–water partition coefficient (Wildman–Crippen LogP) is 2.82. The Morgan fingerprint density at radius 1 is 1.65 bits per heavy atom. The molecule has 1 N–H and O–H groups in total. The Morgan fingerprint density at radius 3 is 3.05 bits per heavy atom. The number of carboxylic acid groups (broad SMARTS) is 1. The maximum absolute atomic E-state index is 13.3. The molecule has 1 aromatic rings. The first-order chi connectivity index (χ1) is 9.49. The number of morpholine rings is 1. The van der Waals surface area contributed by atoms with E-state index in [2.05, 4.69) is 20.8 Å². The standard InChI is InChI=1S/C14H17BrFNO3/c1-9(10-2-3-13(16)12(15)6-10)17-4-5-20-8-11(17)7-14(18)19/h2-3,6,9,11H,4-5,7-8H2,1H3,(H,18,19). The van der Waals surface area contributed by atoms with Crippen LogP contribution in [0.1, 0.15) is 24.9 Å². The van der Waals surface area contributed by atoms with Gasteiger partial charge in [0.15, 0.2) is 0 Å². The van der Waals surface area contributed by atoms with E-state index < -0.39 is 5.97 Å². The average molecular weight is 346 g/mol. The molecule has 0 aromatic heterocycles. The molecule has 20 heavy (non-hydrogen) atoms. The zero-order valence-corrected chi connectivity index (χ0v) is 12.8. The van der Waals surface area contributed by atoms with E-state index in [1.807, 2.05) is 6.92 Å². The Morgan fingerprint density at radius 2 is 2.40 bits per heavy atom. The lowest BCUT2D eigenvalue weighted by Crippen LogP contribution is -2.47. The number of rotatable bonds is 4. The summed E-state index contributed by atoms with van der Waals surface area (Å²) in [7, 11) is 0. The summed E-state index contributed by atoms with van der Waals surface area (Å²) in [5, 5.41) is 8.98. The summed E-state index contributed by atoms with van der Waals surface area (Å²) in [5.41, 5.74) is 0.954. The van der Waals surface area contributed by atoms with E-state index in [-0.39, 0.29) is 24.3 Å². The molecule has 2 rings (SSSR count). The van der Waals surface area contributed by atoms with Crippen LogP contribution in [-0.4, -0.2) is 41.8 Å². The number of ether oxygens (including phenoxy) is 1. The first kappa shape index (κ1) is 15.4. The summed E-state index contributed by atoms with van der Waals surface area (Å²) in [6, 6.07) is 4.76. The van der Waals surface area contributed by atoms with E-state index in [0.29, 0.717) is 24.2 Å². The Labute approximate surface area is 125 Å². The van der Waals surface area contributed by atoms with Crippen molar-refractivity contribution in [2.75, 3.05) is 19.8 Å². The van der Waals surface area contributed by atoms with Crippen LogP contribution < -0.4 is 0 Å². The smallest absolute Gasteiger partial charge is 0.305 e. The highest BCUT2D eigenvalue weighted by Gasteiger charge is 2.29. The maximum atomic E-state index is 13.3. The lowest BCUT2D eigenvalue weighted by molar-refractivity contribution is -0.140. The number of carboxylic acids is 1. The van der Waals surface area contributed by atoms with Crippen molar-refractivity contribution in [3.05, 3.63) is 34.1 Å². The summed E-state index contributed by atoms with van der Waals surface area (Å²) in [6.45, 7) is 3.68. The van der Waals surface area contributed by atoms with Gasteiger partial charge in [-0.1, -0.05) is 6.07 Å².